The van der Waals surface area contributed by atoms with E-state index in [1.54, 1.807) is 6.92 Å². The third-order valence-electron chi connectivity index (χ3n) is 2.73. The van der Waals surface area contributed by atoms with Crippen molar-refractivity contribution < 1.29 is 14.6 Å². The Hall–Kier alpha value is -0.570. The molecule has 1 aliphatic carbocycles. The summed E-state index contributed by atoms with van der Waals surface area (Å²) >= 11 is 0. The lowest BCUT2D eigenvalue weighted by molar-refractivity contribution is -0.145. The SMILES string of the molecule is CCOC(=O)[C@H]1C(C)C1CC(C)O. The van der Waals surface area contributed by atoms with Crippen LogP contribution in [0.4, 0.5) is 0 Å². The Morgan fingerprint density at radius 3 is 2.69 bits per heavy atom. The fourth-order valence-electron chi connectivity index (χ4n) is 1.93. The molecule has 76 valence electrons. The lowest BCUT2D eigenvalue weighted by Crippen LogP contribution is -2.10. The highest BCUT2D eigenvalue weighted by molar-refractivity contribution is 5.76. The second-order valence-electron chi connectivity index (χ2n) is 3.89. The zero-order valence-electron chi connectivity index (χ0n) is 8.49. The molecule has 0 bridgehead atoms. The number of carbonyl (C=O) groups is 1. The molecule has 1 N–H and O–H groups in total. The van der Waals surface area contributed by atoms with Crippen LogP contribution in [0, 0.1) is 17.8 Å². The van der Waals surface area contributed by atoms with Gasteiger partial charge in [-0.3, -0.25) is 4.79 Å². The number of aliphatic hydroxyl groups excluding tert-OH is 1. The van der Waals surface area contributed by atoms with Crippen LogP contribution < -0.4 is 0 Å². The standard InChI is InChI=1S/C10H18O3/c1-4-13-10(12)9-7(3)8(9)5-6(2)11/h6-9,11H,4-5H2,1-3H3/t6?,7?,8?,9-/m0/s1. The largest absolute Gasteiger partial charge is 0.466 e. The van der Waals surface area contributed by atoms with Crippen LogP contribution in [0.25, 0.3) is 0 Å². The molecule has 0 aromatic rings. The molecule has 0 aliphatic heterocycles. The molecular formula is C10H18O3. The molecule has 0 aromatic heterocycles. The van der Waals surface area contributed by atoms with Gasteiger partial charge in [0.1, 0.15) is 0 Å². The van der Waals surface area contributed by atoms with Gasteiger partial charge in [-0.25, -0.2) is 0 Å². The van der Waals surface area contributed by atoms with E-state index < -0.39 is 0 Å². The Bertz CT molecular complexity index is 189. The van der Waals surface area contributed by atoms with Crippen LogP contribution in [0.2, 0.25) is 0 Å². The van der Waals surface area contributed by atoms with Gasteiger partial charge in [0.2, 0.25) is 0 Å². The normalized spacial score (nSPS) is 34.0. The lowest BCUT2D eigenvalue weighted by atomic mass is 10.1. The second kappa shape index (κ2) is 4.09. The first-order valence-electron chi connectivity index (χ1n) is 4.92. The predicted molar refractivity (Wildman–Crippen MR) is 49.1 cm³/mol. The molecule has 4 atom stereocenters. The summed E-state index contributed by atoms with van der Waals surface area (Å²) in [6.45, 7) is 6.06. The molecule has 3 nitrogen and oxygen atoms in total. The molecule has 0 radical (unpaired) electrons. The summed E-state index contributed by atoms with van der Waals surface area (Å²) in [5.41, 5.74) is 0. The van der Waals surface area contributed by atoms with Crippen LogP contribution >= 0.6 is 0 Å². The van der Waals surface area contributed by atoms with E-state index in [0.717, 1.165) is 0 Å². The van der Waals surface area contributed by atoms with Crippen LogP contribution in [-0.4, -0.2) is 23.8 Å². The zero-order chi connectivity index (χ0) is 10.0. The highest BCUT2D eigenvalue weighted by atomic mass is 16.5. The minimum atomic E-state index is -0.313. The van der Waals surface area contributed by atoms with E-state index in [0.29, 0.717) is 24.9 Å². The van der Waals surface area contributed by atoms with Crippen molar-refractivity contribution in [1.29, 1.82) is 0 Å². The quantitative estimate of drug-likeness (QED) is 0.671. The summed E-state index contributed by atoms with van der Waals surface area (Å²) in [5, 5.41) is 9.16. The Balaban J connectivity index is 2.34. The van der Waals surface area contributed by atoms with Crippen LogP contribution in [-0.2, 0) is 9.53 Å². The summed E-state index contributed by atoms with van der Waals surface area (Å²) < 4.78 is 4.93. The van der Waals surface area contributed by atoms with Gasteiger partial charge >= 0.3 is 5.97 Å². The molecule has 0 amide bonds. The Morgan fingerprint density at radius 2 is 2.23 bits per heavy atom. The third kappa shape index (κ3) is 2.44. The molecule has 0 heterocycles. The topological polar surface area (TPSA) is 46.5 Å². The lowest BCUT2D eigenvalue weighted by Gasteiger charge is -2.02. The summed E-state index contributed by atoms with van der Waals surface area (Å²) in [4.78, 5) is 11.3. The maximum atomic E-state index is 11.3. The number of hydrogen-bond acceptors (Lipinski definition) is 3. The molecule has 0 saturated heterocycles. The van der Waals surface area contributed by atoms with Crippen molar-refractivity contribution in [1.82, 2.24) is 0 Å². The summed E-state index contributed by atoms with van der Waals surface area (Å²) in [5.74, 6) is 0.655. The van der Waals surface area contributed by atoms with Gasteiger partial charge in [-0.15, -0.1) is 0 Å². The average molecular weight is 186 g/mol. The van der Waals surface area contributed by atoms with Crippen molar-refractivity contribution in [3.05, 3.63) is 0 Å². The van der Waals surface area contributed by atoms with Crippen molar-refractivity contribution in [2.75, 3.05) is 6.61 Å². The number of carbonyl (C=O) groups excluding carboxylic acids is 1. The Morgan fingerprint density at radius 1 is 1.62 bits per heavy atom. The summed E-state index contributed by atoms with van der Waals surface area (Å²) in [7, 11) is 0. The van der Waals surface area contributed by atoms with E-state index in [4.69, 9.17) is 9.84 Å². The van der Waals surface area contributed by atoms with Gasteiger partial charge in [-0.05, 0) is 32.1 Å². The smallest absolute Gasteiger partial charge is 0.309 e. The van der Waals surface area contributed by atoms with Crippen molar-refractivity contribution in [2.45, 2.75) is 33.3 Å². The maximum absolute atomic E-state index is 11.3. The third-order valence-corrected chi connectivity index (χ3v) is 2.73. The van der Waals surface area contributed by atoms with Crippen molar-refractivity contribution >= 4 is 5.97 Å². The summed E-state index contributed by atoms with van der Waals surface area (Å²) in [6.07, 6.45) is 0.400. The number of esters is 1. The first-order chi connectivity index (χ1) is 6.07. The van der Waals surface area contributed by atoms with E-state index >= 15 is 0 Å². The average Bonchev–Trinajstić information content (AvgIpc) is 2.61. The van der Waals surface area contributed by atoms with E-state index in [1.165, 1.54) is 0 Å². The van der Waals surface area contributed by atoms with Crippen LogP contribution in [0.3, 0.4) is 0 Å². The molecule has 3 unspecified atom stereocenters. The highest BCUT2D eigenvalue weighted by Gasteiger charge is 2.52. The van der Waals surface area contributed by atoms with Crippen molar-refractivity contribution in [3.8, 4) is 0 Å². The second-order valence-corrected chi connectivity index (χ2v) is 3.89. The molecule has 1 fully saturated rings. The fraction of sp³-hybridized carbons (Fsp3) is 0.900. The minimum Gasteiger partial charge on any atom is -0.466 e. The van der Waals surface area contributed by atoms with Gasteiger partial charge < -0.3 is 9.84 Å². The molecular weight excluding hydrogens is 168 g/mol. The molecule has 3 heteroatoms. The number of aliphatic hydroxyl groups is 1. The molecule has 0 aromatic carbocycles. The van der Waals surface area contributed by atoms with Gasteiger partial charge in [0.15, 0.2) is 0 Å². The fourth-order valence-corrected chi connectivity index (χ4v) is 1.93. The van der Waals surface area contributed by atoms with Gasteiger partial charge in [0.25, 0.3) is 0 Å². The van der Waals surface area contributed by atoms with E-state index in [-0.39, 0.29) is 18.0 Å². The van der Waals surface area contributed by atoms with Crippen LogP contribution in [0.15, 0.2) is 0 Å². The molecule has 1 aliphatic rings. The molecule has 1 rings (SSSR count). The number of ether oxygens (including phenoxy) is 1. The van der Waals surface area contributed by atoms with Crippen molar-refractivity contribution in [3.63, 3.8) is 0 Å². The molecule has 1 saturated carbocycles. The zero-order valence-corrected chi connectivity index (χ0v) is 8.49. The van der Waals surface area contributed by atoms with Gasteiger partial charge in [0, 0.05) is 0 Å². The highest BCUT2D eigenvalue weighted by Crippen LogP contribution is 2.49. The molecule has 0 spiro atoms. The van der Waals surface area contributed by atoms with Crippen LogP contribution in [0.1, 0.15) is 27.2 Å². The van der Waals surface area contributed by atoms with E-state index in [2.05, 4.69) is 0 Å². The summed E-state index contributed by atoms with van der Waals surface area (Å²) in [6, 6.07) is 0. The monoisotopic (exact) mass is 186 g/mol. The first-order valence-corrected chi connectivity index (χ1v) is 4.92. The van der Waals surface area contributed by atoms with Gasteiger partial charge in [-0.1, -0.05) is 6.92 Å². The first kappa shape index (κ1) is 10.5. The van der Waals surface area contributed by atoms with E-state index in [1.807, 2.05) is 13.8 Å². The number of hydrogen-bond donors (Lipinski definition) is 1. The van der Waals surface area contributed by atoms with Crippen molar-refractivity contribution in [2.24, 2.45) is 17.8 Å². The Kier molecular flexibility index (Phi) is 3.31. The predicted octanol–water partition coefficient (Wildman–Crippen LogP) is 1.20. The number of rotatable bonds is 4. The minimum absolute atomic E-state index is 0.0366. The maximum Gasteiger partial charge on any atom is 0.309 e. The van der Waals surface area contributed by atoms with Gasteiger partial charge in [0.05, 0.1) is 18.6 Å². The van der Waals surface area contributed by atoms with Gasteiger partial charge in [-0.2, -0.15) is 0 Å². The Labute approximate surface area is 79.1 Å². The van der Waals surface area contributed by atoms with E-state index in [9.17, 15) is 4.79 Å². The molecule has 13 heavy (non-hydrogen) atoms. The van der Waals surface area contributed by atoms with Crippen LogP contribution in [0.5, 0.6) is 0 Å².